The van der Waals surface area contributed by atoms with E-state index in [-0.39, 0.29) is 5.02 Å². The monoisotopic (exact) mass is 352 g/mol. The Hall–Kier alpha value is -2.92. The maximum atomic E-state index is 12.4. The molecule has 0 bridgehead atoms. The van der Waals surface area contributed by atoms with E-state index in [0.717, 1.165) is 12.0 Å². The van der Waals surface area contributed by atoms with Crippen LogP contribution in [0.5, 0.6) is 0 Å². The van der Waals surface area contributed by atoms with Crippen LogP contribution in [0.2, 0.25) is 5.02 Å². The van der Waals surface area contributed by atoms with E-state index < -0.39 is 5.56 Å². The molecule has 0 unspecified atom stereocenters. The number of para-hydroxylation sites is 1. The van der Waals surface area contributed by atoms with Crippen LogP contribution in [0.15, 0.2) is 70.7 Å². The second-order valence-electron chi connectivity index (χ2n) is 5.39. The van der Waals surface area contributed by atoms with Crippen molar-refractivity contribution in [1.29, 1.82) is 0 Å². The van der Waals surface area contributed by atoms with E-state index in [1.54, 1.807) is 18.3 Å². The summed E-state index contributed by atoms with van der Waals surface area (Å²) >= 11 is 6.16. The molecular weight excluding hydrogens is 336 g/mol. The fourth-order valence-corrected chi connectivity index (χ4v) is 2.45. The number of hydrogen-bond acceptors (Lipinski definition) is 4. The maximum Gasteiger partial charge on any atom is 0.292 e. The van der Waals surface area contributed by atoms with Crippen molar-refractivity contribution in [2.45, 2.75) is 13.3 Å². The van der Waals surface area contributed by atoms with Crippen LogP contribution in [0.3, 0.4) is 0 Å². The van der Waals surface area contributed by atoms with Gasteiger partial charge in [-0.2, -0.15) is 14.9 Å². The predicted octanol–water partition coefficient (Wildman–Crippen LogP) is 3.89. The molecule has 126 valence electrons. The number of nitrogens with zero attached hydrogens (tertiary/aromatic N) is 3. The quantitative estimate of drug-likeness (QED) is 0.559. The molecule has 0 amide bonds. The lowest BCUT2D eigenvalue weighted by molar-refractivity contribution is 0.808. The number of anilines is 1. The van der Waals surface area contributed by atoms with Gasteiger partial charge in [0.25, 0.3) is 5.56 Å². The van der Waals surface area contributed by atoms with Gasteiger partial charge in [0, 0.05) is 0 Å². The van der Waals surface area contributed by atoms with E-state index in [0.29, 0.717) is 11.4 Å². The highest BCUT2D eigenvalue weighted by atomic mass is 35.5. The summed E-state index contributed by atoms with van der Waals surface area (Å²) < 4.78 is 1.25. The van der Waals surface area contributed by atoms with Crippen molar-refractivity contribution in [3.8, 4) is 5.69 Å². The average Bonchev–Trinajstić information content (AvgIpc) is 2.66. The van der Waals surface area contributed by atoms with Crippen molar-refractivity contribution < 1.29 is 0 Å². The first-order valence-corrected chi connectivity index (χ1v) is 8.28. The summed E-state index contributed by atoms with van der Waals surface area (Å²) in [6.07, 6.45) is 4.14. The van der Waals surface area contributed by atoms with Crippen LogP contribution < -0.4 is 11.0 Å². The molecule has 0 fully saturated rings. The largest absolute Gasteiger partial charge is 0.292 e. The van der Waals surface area contributed by atoms with E-state index >= 15 is 0 Å². The zero-order valence-corrected chi connectivity index (χ0v) is 14.4. The highest BCUT2D eigenvalue weighted by Crippen LogP contribution is 2.16. The van der Waals surface area contributed by atoms with Crippen LogP contribution in [0.25, 0.3) is 5.69 Å². The minimum atomic E-state index is -0.402. The maximum absolute atomic E-state index is 12.4. The molecule has 0 spiro atoms. The Morgan fingerprint density at radius 1 is 1.16 bits per heavy atom. The second kappa shape index (κ2) is 7.77. The van der Waals surface area contributed by atoms with Gasteiger partial charge < -0.3 is 0 Å². The number of halogens is 1. The molecule has 0 radical (unpaired) electrons. The lowest BCUT2D eigenvalue weighted by atomic mass is 10.1. The van der Waals surface area contributed by atoms with Gasteiger partial charge in [0.1, 0.15) is 10.7 Å². The van der Waals surface area contributed by atoms with Gasteiger partial charge >= 0.3 is 0 Å². The van der Waals surface area contributed by atoms with Crippen LogP contribution >= 0.6 is 11.6 Å². The summed E-state index contributed by atoms with van der Waals surface area (Å²) in [5.41, 5.74) is 5.60. The lowest BCUT2D eigenvalue weighted by Gasteiger charge is -2.07. The van der Waals surface area contributed by atoms with Gasteiger partial charge in [-0.15, -0.1) is 0 Å². The molecule has 1 aromatic heterocycles. The van der Waals surface area contributed by atoms with Gasteiger partial charge in [-0.3, -0.25) is 10.2 Å². The fraction of sp³-hybridized carbons (Fsp3) is 0.105. The van der Waals surface area contributed by atoms with Crippen LogP contribution in [0, 0.1) is 0 Å². The third-order valence-corrected chi connectivity index (χ3v) is 4.07. The van der Waals surface area contributed by atoms with E-state index in [2.05, 4.69) is 34.7 Å². The van der Waals surface area contributed by atoms with Crippen molar-refractivity contribution in [2.24, 2.45) is 5.10 Å². The highest BCUT2D eigenvalue weighted by molar-refractivity contribution is 6.32. The van der Waals surface area contributed by atoms with Crippen LogP contribution in [0.1, 0.15) is 18.1 Å². The Kier molecular flexibility index (Phi) is 5.26. The highest BCUT2D eigenvalue weighted by Gasteiger charge is 2.09. The molecular formula is C19H17ClN4O. The van der Waals surface area contributed by atoms with Gasteiger partial charge in [-0.1, -0.05) is 61.0 Å². The minimum Gasteiger partial charge on any atom is -0.275 e. The summed E-state index contributed by atoms with van der Waals surface area (Å²) in [6, 6.07) is 17.2. The molecule has 0 atom stereocenters. The van der Waals surface area contributed by atoms with Crippen molar-refractivity contribution >= 4 is 23.5 Å². The van der Waals surface area contributed by atoms with E-state index in [1.165, 1.54) is 16.4 Å². The number of aryl methyl sites for hydroxylation is 1. The molecule has 0 saturated carbocycles. The first-order valence-electron chi connectivity index (χ1n) is 7.90. The van der Waals surface area contributed by atoms with Crippen molar-refractivity contribution in [2.75, 3.05) is 5.43 Å². The van der Waals surface area contributed by atoms with Gasteiger partial charge in [0.15, 0.2) is 0 Å². The van der Waals surface area contributed by atoms with Crippen molar-refractivity contribution in [3.05, 3.63) is 87.3 Å². The Balaban J connectivity index is 1.78. The number of nitrogens with one attached hydrogen (secondary N) is 1. The summed E-state index contributed by atoms with van der Waals surface area (Å²) in [7, 11) is 0. The van der Waals surface area contributed by atoms with Crippen LogP contribution in [-0.4, -0.2) is 16.0 Å². The molecule has 3 rings (SSSR count). The molecule has 1 N–H and O–H groups in total. The van der Waals surface area contributed by atoms with Crippen molar-refractivity contribution in [1.82, 2.24) is 9.78 Å². The summed E-state index contributed by atoms with van der Waals surface area (Å²) in [6.45, 7) is 2.11. The molecule has 6 heteroatoms. The first-order chi connectivity index (χ1) is 12.2. The number of aromatic nitrogens is 2. The summed E-state index contributed by atoms with van der Waals surface area (Å²) in [5.74, 6) is 0. The normalized spacial score (nSPS) is 11.0. The molecule has 0 aliphatic heterocycles. The topological polar surface area (TPSA) is 59.3 Å². The van der Waals surface area contributed by atoms with E-state index in [9.17, 15) is 4.79 Å². The SMILES string of the molecule is CCc1ccc(/C=N/Nc2cnn(-c3ccccc3)c(=O)c2Cl)cc1. The van der Waals surface area contributed by atoms with E-state index in [1.807, 2.05) is 30.3 Å². The molecule has 0 saturated heterocycles. The summed E-state index contributed by atoms with van der Waals surface area (Å²) in [4.78, 5) is 12.4. The van der Waals surface area contributed by atoms with Gasteiger partial charge in [-0.25, -0.2) is 0 Å². The first kappa shape index (κ1) is 16.9. The molecule has 25 heavy (non-hydrogen) atoms. The lowest BCUT2D eigenvalue weighted by Crippen LogP contribution is -2.22. The third-order valence-electron chi connectivity index (χ3n) is 3.71. The Morgan fingerprint density at radius 2 is 1.88 bits per heavy atom. The fourth-order valence-electron chi connectivity index (χ4n) is 2.28. The minimum absolute atomic E-state index is 0.0392. The average molecular weight is 353 g/mol. The van der Waals surface area contributed by atoms with Gasteiger partial charge in [-0.05, 0) is 29.7 Å². The molecule has 5 nitrogen and oxygen atoms in total. The summed E-state index contributed by atoms with van der Waals surface area (Å²) in [5, 5.41) is 8.30. The number of hydrogen-bond donors (Lipinski definition) is 1. The van der Waals surface area contributed by atoms with Crippen LogP contribution in [0.4, 0.5) is 5.69 Å². The van der Waals surface area contributed by atoms with E-state index in [4.69, 9.17) is 11.6 Å². The smallest absolute Gasteiger partial charge is 0.275 e. The standard InChI is InChI=1S/C19H17ClN4O/c1-2-14-8-10-15(11-9-14)12-21-23-17-13-22-24(19(25)18(17)20)16-6-4-3-5-7-16/h3-13,23H,2H2,1H3/b21-12+. The van der Waals surface area contributed by atoms with Gasteiger partial charge in [0.05, 0.1) is 18.1 Å². The van der Waals surface area contributed by atoms with Gasteiger partial charge in [0.2, 0.25) is 0 Å². The zero-order chi connectivity index (χ0) is 17.6. The number of hydrazone groups is 1. The molecule has 0 aliphatic rings. The Labute approximate surface area is 150 Å². The Bertz CT molecular complexity index is 934. The Morgan fingerprint density at radius 3 is 2.56 bits per heavy atom. The molecule has 3 aromatic rings. The second-order valence-corrected chi connectivity index (χ2v) is 5.77. The molecule has 0 aliphatic carbocycles. The predicted molar refractivity (Wildman–Crippen MR) is 102 cm³/mol. The number of benzene rings is 2. The number of rotatable bonds is 5. The zero-order valence-electron chi connectivity index (χ0n) is 13.7. The van der Waals surface area contributed by atoms with Crippen LogP contribution in [-0.2, 0) is 6.42 Å². The molecule has 2 aromatic carbocycles. The molecule has 1 heterocycles. The third kappa shape index (κ3) is 3.95. The van der Waals surface area contributed by atoms with Crippen molar-refractivity contribution in [3.63, 3.8) is 0 Å².